The van der Waals surface area contributed by atoms with Gasteiger partial charge in [0.05, 0.1) is 6.61 Å². The molecule has 0 saturated carbocycles. The molecule has 0 aliphatic carbocycles. The van der Waals surface area contributed by atoms with Gasteiger partial charge in [0.1, 0.15) is 6.54 Å². The molecule has 0 aromatic heterocycles. The van der Waals surface area contributed by atoms with E-state index >= 15 is 0 Å². The smallest absolute Gasteiger partial charge is 0.422 e. The summed E-state index contributed by atoms with van der Waals surface area (Å²) in [6.07, 6.45) is -5.78. The molecule has 0 unspecified atom stereocenters. The number of rotatable bonds is 5. The molecule has 8 heteroatoms. The number of carbonyl (C=O) groups excluding carboxylic acids is 2. The van der Waals surface area contributed by atoms with E-state index < -0.39 is 31.4 Å². The molecule has 0 N–H and O–H groups in total. The summed E-state index contributed by atoms with van der Waals surface area (Å²) in [6, 6.07) is 0. The van der Waals surface area contributed by atoms with Gasteiger partial charge in [-0.1, -0.05) is 0 Å². The average Bonchev–Trinajstić information content (AvgIpc) is 2.22. The van der Waals surface area contributed by atoms with Crippen LogP contribution in [0.2, 0.25) is 0 Å². The molecular formula is C9H14F3NO4. The van der Waals surface area contributed by atoms with Gasteiger partial charge in [-0.2, -0.15) is 13.2 Å². The van der Waals surface area contributed by atoms with Gasteiger partial charge in [-0.05, 0) is 13.8 Å². The fourth-order valence-corrected chi connectivity index (χ4v) is 0.903. The van der Waals surface area contributed by atoms with E-state index in [1.807, 2.05) is 0 Å². The standard InChI is InChI=1S/C9H14F3NO4/c1-3-13(5-7(14)16-4-2)8(15)17-6-9(10,11)12/h3-6H2,1-2H3. The summed E-state index contributed by atoms with van der Waals surface area (Å²) in [7, 11) is 0. The maximum atomic E-state index is 11.8. The summed E-state index contributed by atoms with van der Waals surface area (Å²) in [5.74, 6) is -0.696. The first-order chi connectivity index (χ1) is 7.80. The van der Waals surface area contributed by atoms with Crippen molar-refractivity contribution in [3.8, 4) is 0 Å². The Balaban J connectivity index is 4.17. The van der Waals surface area contributed by atoms with Crippen molar-refractivity contribution in [2.45, 2.75) is 20.0 Å². The van der Waals surface area contributed by atoms with Crippen molar-refractivity contribution in [3.63, 3.8) is 0 Å². The maximum absolute atomic E-state index is 11.8. The highest BCUT2D eigenvalue weighted by atomic mass is 19.4. The number of carbonyl (C=O) groups is 2. The summed E-state index contributed by atoms with van der Waals surface area (Å²) in [5.41, 5.74) is 0. The Labute approximate surface area is 96.5 Å². The second-order valence-corrected chi connectivity index (χ2v) is 2.99. The molecule has 0 rings (SSSR count). The van der Waals surface area contributed by atoms with Crippen LogP contribution in [0.5, 0.6) is 0 Å². The topological polar surface area (TPSA) is 55.8 Å². The number of amides is 1. The molecule has 1 amide bonds. The number of ether oxygens (including phenoxy) is 2. The van der Waals surface area contributed by atoms with Crippen LogP contribution >= 0.6 is 0 Å². The zero-order chi connectivity index (χ0) is 13.5. The summed E-state index contributed by atoms with van der Waals surface area (Å²) in [4.78, 5) is 23.0. The van der Waals surface area contributed by atoms with E-state index in [0.717, 1.165) is 4.90 Å². The van der Waals surface area contributed by atoms with E-state index in [9.17, 15) is 22.8 Å². The predicted octanol–water partition coefficient (Wildman–Crippen LogP) is 1.57. The Kier molecular flexibility index (Phi) is 6.37. The Hall–Kier alpha value is -1.47. The van der Waals surface area contributed by atoms with Gasteiger partial charge < -0.3 is 9.47 Å². The lowest BCUT2D eigenvalue weighted by Gasteiger charge is -2.19. The van der Waals surface area contributed by atoms with Crippen molar-refractivity contribution < 1.29 is 32.2 Å². The quantitative estimate of drug-likeness (QED) is 0.701. The van der Waals surface area contributed by atoms with E-state index in [-0.39, 0.29) is 13.2 Å². The van der Waals surface area contributed by atoms with Crippen molar-refractivity contribution in [1.82, 2.24) is 4.90 Å². The molecule has 0 heterocycles. The van der Waals surface area contributed by atoms with Gasteiger partial charge in [0.25, 0.3) is 0 Å². The van der Waals surface area contributed by atoms with Crippen LogP contribution in [0, 0.1) is 0 Å². The number of nitrogens with zero attached hydrogens (tertiary/aromatic N) is 1. The minimum absolute atomic E-state index is 0.0511. The first-order valence-electron chi connectivity index (χ1n) is 4.94. The number of esters is 1. The maximum Gasteiger partial charge on any atom is 0.422 e. The number of hydrogen-bond donors (Lipinski definition) is 0. The number of likely N-dealkylation sites (N-methyl/N-ethyl adjacent to an activating group) is 1. The largest absolute Gasteiger partial charge is 0.465 e. The molecule has 0 aromatic carbocycles. The lowest BCUT2D eigenvalue weighted by Crippen LogP contribution is -2.38. The molecule has 100 valence electrons. The minimum Gasteiger partial charge on any atom is -0.465 e. The van der Waals surface area contributed by atoms with Crippen LogP contribution < -0.4 is 0 Å². The van der Waals surface area contributed by atoms with Crippen molar-refractivity contribution >= 4 is 12.1 Å². The monoisotopic (exact) mass is 257 g/mol. The Morgan fingerprint density at radius 3 is 2.18 bits per heavy atom. The van der Waals surface area contributed by atoms with Crippen LogP contribution in [0.25, 0.3) is 0 Å². The summed E-state index contributed by atoms with van der Waals surface area (Å²) < 4.78 is 43.9. The van der Waals surface area contributed by atoms with Crippen LogP contribution in [-0.4, -0.2) is 49.4 Å². The zero-order valence-electron chi connectivity index (χ0n) is 9.54. The molecule has 0 aliphatic rings. The van der Waals surface area contributed by atoms with Gasteiger partial charge in [0.15, 0.2) is 6.61 Å². The van der Waals surface area contributed by atoms with Crippen LogP contribution in [0.15, 0.2) is 0 Å². The van der Waals surface area contributed by atoms with E-state index in [4.69, 9.17) is 0 Å². The molecule has 0 radical (unpaired) electrons. The average molecular weight is 257 g/mol. The molecular weight excluding hydrogens is 243 g/mol. The first-order valence-corrected chi connectivity index (χ1v) is 4.94. The van der Waals surface area contributed by atoms with Crippen LogP contribution in [-0.2, 0) is 14.3 Å². The van der Waals surface area contributed by atoms with Crippen molar-refractivity contribution in [1.29, 1.82) is 0 Å². The molecule has 0 bridgehead atoms. The zero-order valence-corrected chi connectivity index (χ0v) is 9.54. The number of alkyl halides is 3. The Morgan fingerprint density at radius 1 is 1.18 bits per heavy atom. The number of hydrogen-bond acceptors (Lipinski definition) is 4. The van der Waals surface area contributed by atoms with Gasteiger partial charge in [0.2, 0.25) is 0 Å². The normalized spacial score (nSPS) is 10.9. The highest BCUT2D eigenvalue weighted by Crippen LogP contribution is 2.15. The molecule has 0 aromatic rings. The lowest BCUT2D eigenvalue weighted by atomic mass is 10.5. The van der Waals surface area contributed by atoms with E-state index in [1.54, 1.807) is 6.92 Å². The first kappa shape index (κ1) is 15.5. The van der Waals surface area contributed by atoms with Crippen molar-refractivity contribution in [2.24, 2.45) is 0 Å². The molecule has 0 saturated heterocycles. The van der Waals surface area contributed by atoms with Gasteiger partial charge in [0, 0.05) is 6.54 Å². The third-order valence-electron chi connectivity index (χ3n) is 1.62. The van der Waals surface area contributed by atoms with Crippen molar-refractivity contribution in [3.05, 3.63) is 0 Å². The molecule has 0 fully saturated rings. The van der Waals surface area contributed by atoms with Crippen LogP contribution in [0.4, 0.5) is 18.0 Å². The van der Waals surface area contributed by atoms with Crippen molar-refractivity contribution in [2.75, 3.05) is 26.3 Å². The highest BCUT2D eigenvalue weighted by Gasteiger charge is 2.31. The minimum atomic E-state index is -4.58. The van der Waals surface area contributed by atoms with Gasteiger partial charge in [-0.15, -0.1) is 0 Å². The van der Waals surface area contributed by atoms with Crippen LogP contribution in [0.1, 0.15) is 13.8 Å². The Morgan fingerprint density at radius 2 is 1.76 bits per heavy atom. The summed E-state index contributed by atoms with van der Waals surface area (Å²) in [6.45, 7) is 1.17. The second kappa shape index (κ2) is 6.97. The predicted molar refractivity (Wildman–Crippen MR) is 51.3 cm³/mol. The van der Waals surface area contributed by atoms with Gasteiger partial charge in [-0.3, -0.25) is 9.69 Å². The van der Waals surface area contributed by atoms with E-state index in [0.29, 0.717) is 0 Å². The molecule has 5 nitrogen and oxygen atoms in total. The van der Waals surface area contributed by atoms with Crippen LogP contribution in [0.3, 0.4) is 0 Å². The summed E-state index contributed by atoms with van der Waals surface area (Å²) >= 11 is 0. The molecule has 0 aliphatic heterocycles. The van der Waals surface area contributed by atoms with Gasteiger partial charge in [-0.25, -0.2) is 4.79 Å². The highest BCUT2D eigenvalue weighted by molar-refractivity contribution is 5.78. The molecule has 0 spiro atoms. The third-order valence-corrected chi connectivity index (χ3v) is 1.62. The van der Waals surface area contributed by atoms with Gasteiger partial charge >= 0.3 is 18.2 Å². The van der Waals surface area contributed by atoms with E-state index in [2.05, 4.69) is 9.47 Å². The molecule has 17 heavy (non-hydrogen) atoms. The fraction of sp³-hybridized carbons (Fsp3) is 0.778. The fourth-order valence-electron chi connectivity index (χ4n) is 0.903. The third kappa shape index (κ3) is 7.42. The second-order valence-electron chi connectivity index (χ2n) is 2.99. The number of halogens is 3. The lowest BCUT2D eigenvalue weighted by molar-refractivity contribution is -0.163. The SMILES string of the molecule is CCOC(=O)CN(CC)C(=O)OCC(F)(F)F. The van der Waals surface area contributed by atoms with E-state index in [1.165, 1.54) is 6.92 Å². The molecule has 0 atom stereocenters. The Bertz CT molecular complexity index is 267. The summed E-state index contributed by atoms with van der Waals surface area (Å²) in [5, 5.41) is 0.